The third-order valence-corrected chi connectivity index (χ3v) is 9.85. The number of aliphatic hydroxyl groups is 1. The highest BCUT2D eigenvalue weighted by Gasteiger charge is 2.29. The van der Waals surface area contributed by atoms with E-state index in [0.29, 0.717) is 0 Å². The molecule has 0 amide bonds. The van der Waals surface area contributed by atoms with Crippen molar-refractivity contribution in [1.29, 1.82) is 0 Å². The van der Waals surface area contributed by atoms with Gasteiger partial charge in [-0.25, -0.2) is 0 Å². The van der Waals surface area contributed by atoms with Gasteiger partial charge in [0.15, 0.2) is 0 Å². The van der Waals surface area contributed by atoms with Crippen LogP contribution in [0.3, 0.4) is 0 Å². The molecule has 2 heteroatoms. The van der Waals surface area contributed by atoms with Gasteiger partial charge in [0.1, 0.15) is 0 Å². The molecule has 1 saturated carbocycles. The first-order valence-corrected chi connectivity index (χ1v) is 10.8. The van der Waals surface area contributed by atoms with E-state index in [-0.39, 0.29) is 6.10 Å². The van der Waals surface area contributed by atoms with Crippen molar-refractivity contribution in [1.82, 2.24) is 0 Å². The molecular weight excluding hydrogens is 248 g/mol. The standard InChI is InChI=1S/C17H28OSi/c1-3-19(2,17-7-5-4-6-8-17)14-13-15-9-11-16(18)12-10-15/h4-8,15-16,18H,3,9-14H2,1-2H3. The maximum absolute atomic E-state index is 9.59. The molecule has 1 atom stereocenters. The Morgan fingerprint density at radius 1 is 1.11 bits per heavy atom. The van der Waals surface area contributed by atoms with Gasteiger partial charge in [0.05, 0.1) is 14.2 Å². The van der Waals surface area contributed by atoms with E-state index in [1.165, 1.54) is 31.4 Å². The Morgan fingerprint density at radius 2 is 1.74 bits per heavy atom. The summed E-state index contributed by atoms with van der Waals surface area (Å²) in [6, 6.07) is 13.9. The molecule has 0 bridgehead atoms. The van der Waals surface area contributed by atoms with Gasteiger partial charge in [-0.1, -0.05) is 67.5 Å². The summed E-state index contributed by atoms with van der Waals surface area (Å²) in [5, 5.41) is 11.2. The van der Waals surface area contributed by atoms with Crippen molar-refractivity contribution in [2.75, 3.05) is 0 Å². The zero-order chi connectivity index (χ0) is 13.7. The fourth-order valence-corrected chi connectivity index (χ4v) is 6.42. The first kappa shape index (κ1) is 14.8. The normalized spacial score (nSPS) is 26.9. The molecule has 0 aliphatic heterocycles. The highest BCUT2D eigenvalue weighted by molar-refractivity contribution is 6.90. The molecule has 0 saturated heterocycles. The van der Waals surface area contributed by atoms with Crippen LogP contribution in [-0.4, -0.2) is 19.3 Å². The average molecular weight is 276 g/mol. The second kappa shape index (κ2) is 6.71. The fraction of sp³-hybridized carbons (Fsp3) is 0.647. The molecule has 1 unspecified atom stereocenters. The van der Waals surface area contributed by atoms with Crippen LogP contribution < -0.4 is 5.19 Å². The van der Waals surface area contributed by atoms with Crippen molar-refractivity contribution in [3.63, 3.8) is 0 Å². The summed E-state index contributed by atoms with van der Waals surface area (Å²) in [6.45, 7) is 4.91. The summed E-state index contributed by atoms with van der Waals surface area (Å²) in [5.41, 5.74) is 0. The van der Waals surface area contributed by atoms with Crippen LogP contribution in [0.5, 0.6) is 0 Å². The Hall–Kier alpha value is -0.603. The van der Waals surface area contributed by atoms with Gasteiger partial charge < -0.3 is 5.11 Å². The molecule has 1 N–H and O–H groups in total. The Kier molecular flexibility index (Phi) is 5.23. The number of aliphatic hydroxyl groups excluding tert-OH is 1. The molecular formula is C17H28OSi. The molecule has 0 heterocycles. The van der Waals surface area contributed by atoms with Crippen molar-refractivity contribution >= 4 is 13.3 Å². The first-order chi connectivity index (χ1) is 9.14. The van der Waals surface area contributed by atoms with Crippen LogP contribution in [0.4, 0.5) is 0 Å². The van der Waals surface area contributed by atoms with Crippen LogP contribution >= 0.6 is 0 Å². The lowest BCUT2D eigenvalue weighted by Crippen LogP contribution is -2.44. The van der Waals surface area contributed by atoms with Crippen molar-refractivity contribution in [2.24, 2.45) is 5.92 Å². The second-order valence-electron chi connectivity index (χ2n) is 6.49. The van der Waals surface area contributed by atoms with Gasteiger partial charge in [-0.15, -0.1) is 0 Å². The highest BCUT2D eigenvalue weighted by atomic mass is 28.3. The van der Waals surface area contributed by atoms with Gasteiger partial charge in [-0.05, 0) is 31.6 Å². The molecule has 1 aromatic rings. The molecule has 1 aliphatic carbocycles. The zero-order valence-corrected chi connectivity index (χ0v) is 13.4. The molecule has 2 rings (SSSR count). The molecule has 1 nitrogen and oxygen atoms in total. The number of hydrogen-bond donors (Lipinski definition) is 1. The van der Waals surface area contributed by atoms with Crippen molar-refractivity contribution in [3.8, 4) is 0 Å². The maximum atomic E-state index is 9.59. The molecule has 1 aliphatic rings. The Labute approximate surface area is 119 Å². The lowest BCUT2D eigenvalue weighted by atomic mass is 9.86. The smallest absolute Gasteiger partial charge is 0.0834 e. The fourth-order valence-electron chi connectivity index (χ4n) is 3.32. The van der Waals surface area contributed by atoms with E-state index < -0.39 is 8.07 Å². The minimum atomic E-state index is -1.26. The third-order valence-electron chi connectivity index (χ3n) is 5.17. The first-order valence-electron chi connectivity index (χ1n) is 7.87. The summed E-state index contributed by atoms with van der Waals surface area (Å²) in [7, 11) is -1.26. The predicted molar refractivity (Wildman–Crippen MR) is 85.6 cm³/mol. The topological polar surface area (TPSA) is 20.2 Å². The minimum absolute atomic E-state index is 0.0137. The van der Waals surface area contributed by atoms with Crippen LogP contribution in [0.1, 0.15) is 39.0 Å². The van der Waals surface area contributed by atoms with E-state index in [1.807, 2.05) is 0 Å². The third kappa shape index (κ3) is 3.93. The molecule has 0 radical (unpaired) electrons. The molecule has 0 spiro atoms. The Balaban J connectivity index is 1.92. The van der Waals surface area contributed by atoms with E-state index in [0.717, 1.165) is 18.8 Å². The van der Waals surface area contributed by atoms with Gasteiger partial charge in [0, 0.05) is 0 Å². The van der Waals surface area contributed by atoms with E-state index in [1.54, 1.807) is 5.19 Å². The summed E-state index contributed by atoms with van der Waals surface area (Å²) < 4.78 is 0. The molecule has 0 aromatic heterocycles. The lowest BCUT2D eigenvalue weighted by molar-refractivity contribution is 0.108. The van der Waals surface area contributed by atoms with Gasteiger partial charge in [-0.2, -0.15) is 0 Å². The van der Waals surface area contributed by atoms with Gasteiger partial charge in [0.2, 0.25) is 0 Å². The Morgan fingerprint density at radius 3 is 2.32 bits per heavy atom. The van der Waals surface area contributed by atoms with Crippen molar-refractivity contribution in [2.45, 2.75) is 63.8 Å². The number of hydrogen-bond acceptors (Lipinski definition) is 1. The zero-order valence-electron chi connectivity index (χ0n) is 12.4. The SMILES string of the molecule is CC[Si](C)(CCC1CCC(O)CC1)c1ccccc1. The highest BCUT2D eigenvalue weighted by Crippen LogP contribution is 2.30. The molecule has 106 valence electrons. The van der Waals surface area contributed by atoms with E-state index in [4.69, 9.17) is 0 Å². The average Bonchev–Trinajstić information content (AvgIpc) is 2.47. The van der Waals surface area contributed by atoms with Crippen molar-refractivity contribution in [3.05, 3.63) is 30.3 Å². The van der Waals surface area contributed by atoms with Crippen LogP contribution in [0, 0.1) is 5.92 Å². The quantitative estimate of drug-likeness (QED) is 0.808. The lowest BCUT2D eigenvalue weighted by Gasteiger charge is -2.31. The molecule has 19 heavy (non-hydrogen) atoms. The van der Waals surface area contributed by atoms with Gasteiger partial charge in [0.25, 0.3) is 0 Å². The van der Waals surface area contributed by atoms with Gasteiger partial charge >= 0.3 is 0 Å². The van der Waals surface area contributed by atoms with Crippen LogP contribution in [-0.2, 0) is 0 Å². The second-order valence-corrected chi connectivity index (χ2v) is 11.4. The largest absolute Gasteiger partial charge is 0.393 e. The van der Waals surface area contributed by atoms with Crippen LogP contribution in [0.2, 0.25) is 18.6 Å². The minimum Gasteiger partial charge on any atom is -0.393 e. The Bertz CT molecular complexity index is 370. The van der Waals surface area contributed by atoms with Crippen LogP contribution in [0.25, 0.3) is 0 Å². The summed E-state index contributed by atoms with van der Waals surface area (Å²) in [4.78, 5) is 0. The molecule has 1 aromatic carbocycles. The number of benzene rings is 1. The molecule has 1 fully saturated rings. The van der Waals surface area contributed by atoms with Gasteiger partial charge in [-0.3, -0.25) is 0 Å². The van der Waals surface area contributed by atoms with E-state index in [9.17, 15) is 5.11 Å². The maximum Gasteiger partial charge on any atom is 0.0834 e. The predicted octanol–water partition coefficient (Wildman–Crippen LogP) is 3.93. The summed E-state index contributed by atoms with van der Waals surface area (Å²) in [6.07, 6.45) is 5.90. The number of rotatable bonds is 5. The van der Waals surface area contributed by atoms with Crippen molar-refractivity contribution < 1.29 is 5.11 Å². The monoisotopic (exact) mass is 276 g/mol. The summed E-state index contributed by atoms with van der Waals surface area (Å²) in [5.74, 6) is 0.866. The van der Waals surface area contributed by atoms with Crippen LogP contribution in [0.15, 0.2) is 30.3 Å². The van der Waals surface area contributed by atoms with E-state index in [2.05, 4.69) is 43.8 Å². The van der Waals surface area contributed by atoms with E-state index >= 15 is 0 Å². The summed E-state index contributed by atoms with van der Waals surface area (Å²) >= 11 is 0.